The first-order valence-electron chi connectivity index (χ1n) is 8.95. The van der Waals surface area contributed by atoms with Crippen LogP contribution in [0.2, 0.25) is 0 Å². The van der Waals surface area contributed by atoms with E-state index in [9.17, 15) is 4.79 Å². The van der Waals surface area contributed by atoms with Gasteiger partial charge in [0.2, 0.25) is 0 Å². The van der Waals surface area contributed by atoms with Crippen molar-refractivity contribution in [2.24, 2.45) is 0 Å². The summed E-state index contributed by atoms with van der Waals surface area (Å²) in [6.07, 6.45) is 1.51. The largest absolute Gasteiger partial charge is 0.497 e. The number of aryl methyl sites for hydroxylation is 1. The third-order valence-corrected chi connectivity index (χ3v) is 4.30. The summed E-state index contributed by atoms with van der Waals surface area (Å²) >= 11 is 0. The number of ether oxygens (including phenoxy) is 3. The Morgan fingerprint density at radius 2 is 1.66 bits per heavy atom. The lowest BCUT2D eigenvalue weighted by Gasteiger charge is -2.13. The molecule has 0 radical (unpaired) electrons. The Bertz CT molecular complexity index is 1000. The zero-order valence-electron chi connectivity index (χ0n) is 16.8. The molecule has 0 unspecified atom stereocenters. The van der Waals surface area contributed by atoms with Crippen LogP contribution in [0.1, 0.15) is 15.9 Å². The van der Waals surface area contributed by atoms with Gasteiger partial charge in [-0.05, 0) is 48.9 Å². The summed E-state index contributed by atoms with van der Waals surface area (Å²) < 4.78 is 15.8. The van der Waals surface area contributed by atoms with Crippen molar-refractivity contribution in [2.75, 3.05) is 32.0 Å². The van der Waals surface area contributed by atoms with Gasteiger partial charge in [-0.15, -0.1) is 0 Å². The molecule has 0 aliphatic heterocycles. The number of carbonyl (C=O) groups excluding carboxylic acids is 1. The predicted molar refractivity (Wildman–Crippen MR) is 113 cm³/mol. The van der Waals surface area contributed by atoms with E-state index in [4.69, 9.17) is 14.2 Å². The van der Waals surface area contributed by atoms with E-state index in [2.05, 4.69) is 15.6 Å². The Kier molecular flexibility index (Phi) is 6.19. The Labute approximate surface area is 169 Å². The average Bonchev–Trinajstić information content (AvgIpc) is 2.74. The van der Waals surface area contributed by atoms with Crippen LogP contribution in [0, 0.1) is 6.92 Å². The number of amides is 1. The van der Waals surface area contributed by atoms with E-state index in [0.717, 1.165) is 11.3 Å². The summed E-state index contributed by atoms with van der Waals surface area (Å²) in [4.78, 5) is 16.9. The van der Waals surface area contributed by atoms with Gasteiger partial charge in [-0.25, -0.2) is 4.98 Å². The van der Waals surface area contributed by atoms with E-state index < -0.39 is 0 Å². The number of hydrogen-bond acceptors (Lipinski definition) is 6. The average molecular weight is 393 g/mol. The van der Waals surface area contributed by atoms with Crippen LogP contribution in [-0.2, 0) is 0 Å². The fourth-order valence-corrected chi connectivity index (χ4v) is 2.76. The maximum Gasteiger partial charge on any atom is 0.257 e. The minimum absolute atomic E-state index is 0.291. The number of pyridine rings is 1. The first-order chi connectivity index (χ1) is 14.0. The molecular weight excluding hydrogens is 370 g/mol. The number of hydrogen-bond donors (Lipinski definition) is 2. The first-order valence-corrected chi connectivity index (χ1v) is 8.95. The number of anilines is 3. The molecule has 0 atom stereocenters. The normalized spacial score (nSPS) is 10.2. The topological polar surface area (TPSA) is 81.7 Å². The number of benzene rings is 2. The molecule has 0 saturated heterocycles. The van der Waals surface area contributed by atoms with Gasteiger partial charge in [0.15, 0.2) is 0 Å². The van der Waals surface area contributed by atoms with E-state index in [1.807, 2.05) is 25.1 Å². The highest BCUT2D eigenvalue weighted by Crippen LogP contribution is 2.30. The number of methoxy groups -OCH3 is 3. The maximum atomic E-state index is 12.6. The van der Waals surface area contributed by atoms with E-state index in [1.165, 1.54) is 13.3 Å². The number of aromatic nitrogens is 1. The molecule has 1 aromatic heterocycles. The molecule has 0 fully saturated rings. The number of nitrogens with zero attached hydrogens (tertiary/aromatic N) is 1. The molecule has 0 saturated carbocycles. The summed E-state index contributed by atoms with van der Waals surface area (Å²) in [5.41, 5.74) is 2.87. The highest BCUT2D eigenvalue weighted by atomic mass is 16.5. The zero-order chi connectivity index (χ0) is 20.8. The summed E-state index contributed by atoms with van der Waals surface area (Å²) in [6, 6.07) is 14.4. The van der Waals surface area contributed by atoms with Crippen LogP contribution >= 0.6 is 0 Å². The molecular formula is C22H23N3O4. The fourth-order valence-electron chi connectivity index (χ4n) is 2.76. The molecule has 7 heteroatoms. The van der Waals surface area contributed by atoms with Crippen LogP contribution in [0.25, 0.3) is 0 Å². The standard InChI is InChI=1S/C22H23N3O4/c1-14-5-9-19(28-3)18(11-14)24-21-10-6-15(13-23-21)22(26)25-17-8-7-16(27-2)12-20(17)29-4/h5-13H,1-4H3,(H,23,24)(H,25,26). The summed E-state index contributed by atoms with van der Waals surface area (Å²) in [5.74, 6) is 2.18. The molecule has 0 aliphatic carbocycles. The quantitative estimate of drug-likeness (QED) is 0.619. The Hall–Kier alpha value is -3.74. The Balaban J connectivity index is 1.73. The zero-order valence-corrected chi connectivity index (χ0v) is 16.8. The van der Waals surface area contributed by atoms with Crippen molar-refractivity contribution in [3.8, 4) is 17.2 Å². The molecule has 7 nitrogen and oxygen atoms in total. The first kappa shape index (κ1) is 20.0. The second-order valence-electron chi connectivity index (χ2n) is 6.28. The lowest BCUT2D eigenvalue weighted by Crippen LogP contribution is -2.13. The van der Waals surface area contributed by atoms with Crippen LogP contribution in [0.3, 0.4) is 0 Å². The summed E-state index contributed by atoms with van der Waals surface area (Å²) in [7, 11) is 4.72. The fraction of sp³-hybridized carbons (Fsp3) is 0.182. The molecule has 0 aliphatic rings. The predicted octanol–water partition coefficient (Wildman–Crippen LogP) is 4.41. The minimum Gasteiger partial charge on any atom is -0.497 e. The van der Waals surface area contributed by atoms with Gasteiger partial charge in [-0.2, -0.15) is 0 Å². The summed E-state index contributed by atoms with van der Waals surface area (Å²) in [6.45, 7) is 2.00. The molecule has 2 aromatic carbocycles. The van der Waals surface area contributed by atoms with Crippen molar-refractivity contribution in [2.45, 2.75) is 6.92 Å². The summed E-state index contributed by atoms with van der Waals surface area (Å²) in [5, 5.41) is 6.03. The van der Waals surface area contributed by atoms with Gasteiger partial charge >= 0.3 is 0 Å². The smallest absolute Gasteiger partial charge is 0.257 e. The van der Waals surface area contributed by atoms with E-state index in [1.54, 1.807) is 44.6 Å². The lowest BCUT2D eigenvalue weighted by atomic mass is 10.2. The number of rotatable bonds is 7. The van der Waals surface area contributed by atoms with Crippen LogP contribution in [0.5, 0.6) is 17.2 Å². The Morgan fingerprint density at radius 3 is 2.31 bits per heavy atom. The van der Waals surface area contributed by atoms with E-state index in [0.29, 0.717) is 34.3 Å². The molecule has 0 spiro atoms. The highest BCUT2D eigenvalue weighted by molar-refractivity contribution is 6.05. The lowest BCUT2D eigenvalue weighted by molar-refractivity contribution is 0.102. The second-order valence-corrected chi connectivity index (χ2v) is 6.28. The van der Waals surface area contributed by atoms with Crippen molar-refractivity contribution in [3.63, 3.8) is 0 Å². The minimum atomic E-state index is -0.291. The van der Waals surface area contributed by atoms with Crippen LogP contribution in [0.4, 0.5) is 17.2 Å². The number of carbonyl (C=O) groups is 1. The van der Waals surface area contributed by atoms with Gasteiger partial charge in [0.25, 0.3) is 5.91 Å². The SMILES string of the molecule is COc1ccc(NC(=O)c2ccc(Nc3cc(C)ccc3OC)nc2)c(OC)c1. The van der Waals surface area contributed by atoms with Crippen LogP contribution < -0.4 is 24.8 Å². The molecule has 150 valence electrons. The van der Waals surface area contributed by atoms with Crippen molar-refractivity contribution < 1.29 is 19.0 Å². The number of nitrogens with one attached hydrogen (secondary N) is 2. The van der Waals surface area contributed by atoms with Gasteiger partial charge in [0.05, 0.1) is 38.3 Å². The van der Waals surface area contributed by atoms with Crippen molar-refractivity contribution in [1.29, 1.82) is 0 Å². The Morgan fingerprint density at radius 1 is 0.862 bits per heavy atom. The van der Waals surface area contributed by atoms with Crippen LogP contribution in [-0.4, -0.2) is 32.2 Å². The van der Waals surface area contributed by atoms with E-state index >= 15 is 0 Å². The maximum absolute atomic E-state index is 12.6. The highest BCUT2D eigenvalue weighted by Gasteiger charge is 2.12. The monoisotopic (exact) mass is 393 g/mol. The van der Waals surface area contributed by atoms with Crippen molar-refractivity contribution in [3.05, 3.63) is 65.9 Å². The second kappa shape index (κ2) is 8.97. The molecule has 0 bridgehead atoms. The van der Waals surface area contributed by atoms with E-state index in [-0.39, 0.29) is 5.91 Å². The third kappa shape index (κ3) is 4.76. The van der Waals surface area contributed by atoms with Gasteiger partial charge in [0, 0.05) is 12.3 Å². The van der Waals surface area contributed by atoms with Crippen molar-refractivity contribution in [1.82, 2.24) is 4.98 Å². The van der Waals surface area contributed by atoms with Gasteiger partial charge in [-0.3, -0.25) is 4.79 Å². The molecule has 3 rings (SSSR count). The molecule has 1 amide bonds. The van der Waals surface area contributed by atoms with Gasteiger partial charge in [0.1, 0.15) is 23.1 Å². The molecule has 2 N–H and O–H groups in total. The molecule has 3 aromatic rings. The molecule has 1 heterocycles. The van der Waals surface area contributed by atoms with Crippen molar-refractivity contribution >= 4 is 23.1 Å². The van der Waals surface area contributed by atoms with Crippen LogP contribution in [0.15, 0.2) is 54.7 Å². The van der Waals surface area contributed by atoms with Gasteiger partial charge < -0.3 is 24.8 Å². The molecule has 29 heavy (non-hydrogen) atoms. The third-order valence-electron chi connectivity index (χ3n) is 4.30. The van der Waals surface area contributed by atoms with Gasteiger partial charge in [-0.1, -0.05) is 6.07 Å².